The first-order chi connectivity index (χ1) is 9.56. The Balaban J connectivity index is 1.87. The van der Waals surface area contributed by atoms with Gasteiger partial charge in [-0.2, -0.15) is 0 Å². The second kappa shape index (κ2) is 7.23. The summed E-state index contributed by atoms with van der Waals surface area (Å²) < 4.78 is 12.2. The fourth-order valence-corrected chi connectivity index (χ4v) is 3.58. The molecule has 1 aliphatic carbocycles. The highest BCUT2D eigenvalue weighted by Gasteiger charge is 2.24. The lowest BCUT2D eigenvalue weighted by atomic mass is 10.2. The molecule has 1 N–H and O–H groups in total. The van der Waals surface area contributed by atoms with E-state index in [1.54, 1.807) is 19.1 Å². The Morgan fingerprint density at radius 3 is 2.55 bits per heavy atom. The average molecular weight is 314 g/mol. The molecule has 1 amide bonds. The van der Waals surface area contributed by atoms with E-state index >= 15 is 0 Å². The van der Waals surface area contributed by atoms with E-state index in [9.17, 15) is 9.00 Å². The van der Waals surface area contributed by atoms with Gasteiger partial charge in [0.05, 0.1) is 0 Å². The molecular formula is C15H20ClNO2S. The fourth-order valence-electron chi connectivity index (χ4n) is 2.38. The lowest BCUT2D eigenvalue weighted by Gasteiger charge is -2.16. The van der Waals surface area contributed by atoms with Crippen LogP contribution in [0.25, 0.3) is 0 Å². The van der Waals surface area contributed by atoms with E-state index in [-0.39, 0.29) is 11.9 Å². The summed E-state index contributed by atoms with van der Waals surface area (Å²) in [7, 11) is -1.21. The molecule has 0 heterocycles. The summed E-state index contributed by atoms with van der Waals surface area (Å²) in [5.41, 5.74) is 0.938. The van der Waals surface area contributed by atoms with E-state index in [1.165, 1.54) is 12.8 Å². The van der Waals surface area contributed by atoms with Gasteiger partial charge in [0, 0.05) is 27.6 Å². The Hall–Kier alpha value is -0.870. The fraction of sp³-hybridized carbons (Fsp3) is 0.533. The van der Waals surface area contributed by atoms with Crippen molar-refractivity contribution in [3.63, 3.8) is 0 Å². The van der Waals surface area contributed by atoms with E-state index in [4.69, 9.17) is 11.6 Å². The highest BCUT2D eigenvalue weighted by molar-refractivity contribution is 7.85. The summed E-state index contributed by atoms with van der Waals surface area (Å²) in [5, 5.41) is 3.18. The second-order valence-corrected chi connectivity index (χ2v) is 7.48. The molecular weight excluding hydrogens is 294 g/mol. The van der Waals surface area contributed by atoms with E-state index in [2.05, 4.69) is 5.32 Å². The summed E-state index contributed by atoms with van der Waals surface area (Å²) in [6.45, 7) is 1.73. The van der Waals surface area contributed by atoms with Gasteiger partial charge in [0.25, 0.3) is 0 Å². The van der Waals surface area contributed by atoms with Crippen LogP contribution < -0.4 is 5.32 Å². The number of hydrogen-bond donors (Lipinski definition) is 1. The summed E-state index contributed by atoms with van der Waals surface area (Å²) >= 11 is 5.82. The molecule has 5 heteroatoms. The number of hydrogen-bond acceptors (Lipinski definition) is 2. The quantitative estimate of drug-likeness (QED) is 0.908. The molecule has 110 valence electrons. The summed E-state index contributed by atoms with van der Waals surface area (Å²) in [4.78, 5) is 12.1. The van der Waals surface area contributed by atoms with Crippen molar-refractivity contribution in [2.24, 2.45) is 0 Å². The molecule has 0 bridgehead atoms. The minimum absolute atomic E-state index is 0.0933. The van der Waals surface area contributed by atoms with Crippen LogP contribution in [0.4, 0.5) is 0 Å². The monoisotopic (exact) mass is 313 g/mol. The molecule has 1 saturated carbocycles. The molecule has 1 aromatic rings. The van der Waals surface area contributed by atoms with Crippen molar-refractivity contribution in [2.45, 2.75) is 49.7 Å². The van der Waals surface area contributed by atoms with Crippen LogP contribution >= 0.6 is 11.6 Å². The number of halogens is 1. The van der Waals surface area contributed by atoms with E-state index in [0.717, 1.165) is 18.4 Å². The zero-order valence-corrected chi connectivity index (χ0v) is 13.2. The maximum absolute atomic E-state index is 12.2. The molecule has 0 unspecified atom stereocenters. The number of amides is 1. The zero-order chi connectivity index (χ0) is 14.5. The summed E-state index contributed by atoms with van der Waals surface area (Å²) in [6.07, 6.45) is 4.44. The Morgan fingerprint density at radius 2 is 1.95 bits per heavy atom. The third-order valence-electron chi connectivity index (χ3n) is 3.69. The third-order valence-corrected chi connectivity index (χ3v) is 5.56. The van der Waals surface area contributed by atoms with Crippen molar-refractivity contribution in [3.8, 4) is 0 Å². The normalized spacial score (nSPS) is 18.7. The molecule has 1 aliphatic rings. The maximum atomic E-state index is 12.2. The smallest absolute Gasteiger partial charge is 0.235 e. The van der Waals surface area contributed by atoms with Gasteiger partial charge in [-0.1, -0.05) is 36.6 Å². The Labute approximate surface area is 127 Å². The third kappa shape index (κ3) is 4.32. The van der Waals surface area contributed by atoms with Gasteiger partial charge < -0.3 is 5.32 Å². The van der Waals surface area contributed by atoms with Crippen LogP contribution in [0.2, 0.25) is 5.02 Å². The van der Waals surface area contributed by atoms with Crippen molar-refractivity contribution in [2.75, 3.05) is 0 Å². The second-order valence-electron chi connectivity index (χ2n) is 5.28. The molecule has 0 aromatic heterocycles. The van der Waals surface area contributed by atoms with Crippen LogP contribution in [0.3, 0.4) is 0 Å². The molecule has 2 atom stereocenters. The Morgan fingerprint density at radius 1 is 1.35 bits per heavy atom. The predicted octanol–water partition coefficient (Wildman–Crippen LogP) is 3.04. The summed E-state index contributed by atoms with van der Waals surface area (Å²) in [5.74, 6) is 0.292. The molecule has 0 aliphatic heterocycles. The van der Waals surface area contributed by atoms with Crippen molar-refractivity contribution in [1.29, 1.82) is 0 Å². The standard InChI is InChI=1S/C15H20ClNO2S/c1-11(15(18)17-14-4-2-3-5-14)20(19)10-12-6-8-13(16)9-7-12/h6-9,11,14H,2-5,10H2,1H3,(H,17,18)/t11-,20+/m0/s1. The van der Waals surface area contributed by atoms with Crippen LogP contribution in [0.15, 0.2) is 24.3 Å². The highest BCUT2D eigenvalue weighted by Crippen LogP contribution is 2.18. The van der Waals surface area contributed by atoms with Crippen molar-refractivity contribution >= 4 is 28.3 Å². The van der Waals surface area contributed by atoms with Crippen LogP contribution in [-0.2, 0) is 21.3 Å². The highest BCUT2D eigenvalue weighted by atomic mass is 35.5. The maximum Gasteiger partial charge on any atom is 0.235 e. The molecule has 1 fully saturated rings. The van der Waals surface area contributed by atoms with Crippen molar-refractivity contribution in [3.05, 3.63) is 34.9 Å². The van der Waals surface area contributed by atoms with Gasteiger partial charge >= 0.3 is 0 Å². The minimum atomic E-state index is -1.21. The zero-order valence-electron chi connectivity index (χ0n) is 11.6. The SMILES string of the molecule is C[C@@H](C(=O)NC1CCCC1)[S@](=O)Cc1ccc(Cl)cc1. The molecule has 0 spiro atoms. The molecule has 0 radical (unpaired) electrons. The van der Waals surface area contributed by atoms with Crippen LogP contribution in [0.1, 0.15) is 38.2 Å². The number of nitrogens with one attached hydrogen (secondary N) is 1. The van der Waals surface area contributed by atoms with Gasteiger partial charge in [0.2, 0.25) is 5.91 Å². The number of carbonyl (C=O) groups is 1. The first-order valence-electron chi connectivity index (χ1n) is 6.98. The number of carbonyl (C=O) groups excluding carboxylic acids is 1. The van der Waals surface area contributed by atoms with Crippen molar-refractivity contribution in [1.82, 2.24) is 5.32 Å². The molecule has 0 saturated heterocycles. The Bertz CT molecular complexity index is 483. The number of benzene rings is 1. The first-order valence-corrected chi connectivity index (χ1v) is 8.74. The topological polar surface area (TPSA) is 46.2 Å². The van der Waals surface area contributed by atoms with Gasteiger partial charge in [-0.05, 0) is 37.5 Å². The van der Waals surface area contributed by atoms with Gasteiger partial charge in [0.15, 0.2) is 0 Å². The molecule has 1 aromatic carbocycles. The molecule has 3 nitrogen and oxygen atoms in total. The summed E-state index contributed by atoms with van der Waals surface area (Å²) in [6, 6.07) is 7.52. The van der Waals surface area contributed by atoms with Gasteiger partial charge in [-0.25, -0.2) is 0 Å². The lowest BCUT2D eigenvalue weighted by Crippen LogP contribution is -2.40. The largest absolute Gasteiger partial charge is 0.352 e. The van der Waals surface area contributed by atoms with Gasteiger partial charge in [0.1, 0.15) is 5.25 Å². The first kappa shape index (κ1) is 15.5. The van der Waals surface area contributed by atoms with Crippen LogP contribution in [0, 0.1) is 0 Å². The minimum Gasteiger partial charge on any atom is -0.352 e. The van der Waals surface area contributed by atoms with Crippen molar-refractivity contribution < 1.29 is 9.00 Å². The average Bonchev–Trinajstić information content (AvgIpc) is 2.93. The van der Waals surface area contributed by atoms with E-state index in [1.807, 2.05) is 12.1 Å². The van der Waals surface area contributed by atoms with Crippen LogP contribution in [0.5, 0.6) is 0 Å². The van der Waals surface area contributed by atoms with Crippen LogP contribution in [-0.4, -0.2) is 21.4 Å². The van der Waals surface area contributed by atoms with Gasteiger partial charge in [-0.3, -0.25) is 9.00 Å². The molecule has 20 heavy (non-hydrogen) atoms. The lowest BCUT2D eigenvalue weighted by molar-refractivity contribution is -0.121. The Kier molecular flexibility index (Phi) is 5.61. The molecule has 2 rings (SSSR count). The van der Waals surface area contributed by atoms with E-state index in [0.29, 0.717) is 10.8 Å². The number of rotatable bonds is 5. The predicted molar refractivity (Wildman–Crippen MR) is 83.2 cm³/mol. The van der Waals surface area contributed by atoms with E-state index < -0.39 is 16.0 Å². The van der Waals surface area contributed by atoms with Gasteiger partial charge in [-0.15, -0.1) is 0 Å².